The van der Waals surface area contributed by atoms with Crippen LogP contribution in [-0.2, 0) is 11.8 Å². The summed E-state index contributed by atoms with van der Waals surface area (Å²) in [4.78, 5) is 16.7. The average Bonchev–Trinajstić information content (AvgIpc) is 2.89. The number of nitrogens with zero attached hydrogens (tertiary/aromatic N) is 4. The van der Waals surface area contributed by atoms with Crippen LogP contribution in [0.1, 0.15) is 18.2 Å². The third-order valence-corrected chi connectivity index (χ3v) is 3.80. The van der Waals surface area contributed by atoms with Crippen LogP contribution < -0.4 is 10.1 Å². The minimum atomic E-state index is -0.696. The molecule has 1 unspecified atom stereocenters. The first kappa shape index (κ1) is 16.5. The summed E-state index contributed by atoms with van der Waals surface area (Å²) in [5.74, 6) is 0.241. The van der Waals surface area contributed by atoms with Crippen LogP contribution in [0.3, 0.4) is 0 Å². The number of aryl methyl sites for hydroxylation is 2. The Hall–Kier alpha value is -3.40. The molecule has 7 nitrogen and oxygen atoms in total. The zero-order valence-electron chi connectivity index (χ0n) is 14.1. The van der Waals surface area contributed by atoms with Crippen LogP contribution in [0, 0.1) is 18.3 Å². The molecule has 1 aromatic carbocycles. The normalized spacial score (nSPS) is 11.8. The van der Waals surface area contributed by atoms with Crippen LogP contribution in [0.15, 0.2) is 36.5 Å². The van der Waals surface area contributed by atoms with E-state index in [2.05, 4.69) is 15.4 Å². The van der Waals surface area contributed by atoms with Crippen molar-refractivity contribution < 1.29 is 9.53 Å². The Morgan fingerprint density at radius 3 is 2.76 bits per heavy atom. The molecule has 1 atom stereocenters. The molecule has 0 saturated carbocycles. The number of rotatable bonds is 4. The predicted octanol–water partition coefficient (Wildman–Crippen LogP) is 2.55. The number of fused-ring (bicyclic) bond motifs is 1. The fourth-order valence-corrected chi connectivity index (χ4v) is 2.49. The van der Waals surface area contributed by atoms with E-state index in [4.69, 9.17) is 10.00 Å². The van der Waals surface area contributed by atoms with Gasteiger partial charge in [0.15, 0.2) is 11.8 Å². The van der Waals surface area contributed by atoms with E-state index < -0.39 is 6.10 Å². The van der Waals surface area contributed by atoms with Gasteiger partial charge in [0.05, 0.1) is 29.2 Å². The highest BCUT2D eigenvalue weighted by Crippen LogP contribution is 2.20. The second-order valence-electron chi connectivity index (χ2n) is 5.69. The lowest BCUT2D eigenvalue weighted by molar-refractivity contribution is -0.122. The summed E-state index contributed by atoms with van der Waals surface area (Å²) in [7, 11) is 1.83. The fraction of sp³-hybridized carbons (Fsp3) is 0.222. The van der Waals surface area contributed by atoms with Gasteiger partial charge in [0.25, 0.3) is 5.91 Å². The van der Waals surface area contributed by atoms with Gasteiger partial charge in [-0.05, 0) is 44.2 Å². The molecular formula is C18H17N5O2. The number of benzene rings is 1. The Morgan fingerprint density at radius 2 is 2.08 bits per heavy atom. The molecule has 3 rings (SSSR count). The first-order valence-electron chi connectivity index (χ1n) is 7.75. The number of hydrogen-bond donors (Lipinski definition) is 1. The first-order chi connectivity index (χ1) is 12.0. The van der Waals surface area contributed by atoms with Gasteiger partial charge in [-0.3, -0.25) is 9.48 Å². The SMILES string of the molecule is Cc1nn(C)c2ncc(NC(=O)C(C)Oc3ccc(C#N)cc3)cc12. The summed E-state index contributed by atoms with van der Waals surface area (Å²) in [6, 6.07) is 10.5. The number of amides is 1. The number of anilines is 1. The quantitative estimate of drug-likeness (QED) is 0.791. The summed E-state index contributed by atoms with van der Waals surface area (Å²) in [6.45, 7) is 3.56. The van der Waals surface area contributed by atoms with Crippen molar-refractivity contribution in [1.29, 1.82) is 5.26 Å². The molecule has 0 aliphatic heterocycles. The smallest absolute Gasteiger partial charge is 0.265 e. The highest BCUT2D eigenvalue weighted by molar-refractivity contribution is 5.95. The number of pyridine rings is 1. The fourth-order valence-electron chi connectivity index (χ4n) is 2.49. The van der Waals surface area contributed by atoms with E-state index in [-0.39, 0.29) is 5.91 Å². The first-order valence-corrected chi connectivity index (χ1v) is 7.75. The number of hydrogen-bond acceptors (Lipinski definition) is 5. The molecule has 0 aliphatic rings. The van der Waals surface area contributed by atoms with Crippen LogP contribution in [0.2, 0.25) is 0 Å². The van der Waals surface area contributed by atoms with E-state index in [0.29, 0.717) is 17.0 Å². The molecular weight excluding hydrogens is 318 g/mol. The molecule has 126 valence electrons. The number of ether oxygens (including phenoxy) is 1. The van der Waals surface area contributed by atoms with Crippen molar-refractivity contribution in [3.63, 3.8) is 0 Å². The minimum Gasteiger partial charge on any atom is -0.481 e. The molecule has 0 radical (unpaired) electrons. The lowest BCUT2D eigenvalue weighted by Gasteiger charge is -2.14. The number of nitriles is 1. The Labute approximate surface area is 144 Å². The van der Waals surface area contributed by atoms with E-state index in [1.54, 1.807) is 42.1 Å². The third kappa shape index (κ3) is 3.43. The van der Waals surface area contributed by atoms with Gasteiger partial charge in [-0.15, -0.1) is 0 Å². The monoisotopic (exact) mass is 335 g/mol. The molecule has 3 aromatic rings. The average molecular weight is 335 g/mol. The number of aromatic nitrogens is 3. The third-order valence-electron chi connectivity index (χ3n) is 3.80. The zero-order valence-corrected chi connectivity index (χ0v) is 14.1. The second kappa shape index (κ2) is 6.61. The van der Waals surface area contributed by atoms with E-state index >= 15 is 0 Å². The van der Waals surface area contributed by atoms with E-state index in [0.717, 1.165) is 16.7 Å². The van der Waals surface area contributed by atoms with Crippen LogP contribution in [-0.4, -0.2) is 26.8 Å². The van der Waals surface area contributed by atoms with Gasteiger partial charge in [-0.25, -0.2) is 4.98 Å². The molecule has 7 heteroatoms. The maximum absolute atomic E-state index is 12.3. The van der Waals surface area contributed by atoms with Gasteiger partial charge in [-0.2, -0.15) is 10.4 Å². The van der Waals surface area contributed by atoms with Crippen molar-refractivity contribution in [2.45, 2.75) is 20.0 Å². The standard InChI is InChI=1S/C18H17N5O2/c1-11-16-8-14(10-20-17(16)23(3)22-11)21-18(24)12(2)25-15-6-4-13(9-19)5-7-15/h4-8,10,12H,1-3H3,(H,21,24). The van der Waals surface area contributed by atoms with Crippen molar-refractivity contribution in [2.75, 3.05) is 5.32 Å². The van der Waals surface area contributed by atoms with E-state index in [9.17, 15) is 4.79 Å². The highest BCUT2D eigenvalue weighted by Gasteiger charge is 2.16. The molecule has 1 N–H and O–H groups in total. The summed E-state index contributed by atoms with van der Waals surface area (Å²) in [5, 5.41) is 16.8. The Bertz CT molecular complexity index is 970. The lowest BCUT2D eigenvalue weighted by Crippen LogP contribution is -2.30. The number of nitrogens with one attached hydrogen (secondary N) is 1. The molecule has 0 aliphatic carbocycles. The molecule has 0 saturated heterocycles. The van der Waals surface area contributed by atoms with Crippen LogP contribution >= 0.6 is 0 Å². The molecule has 0 bridgehead atoms. The van der Waals surface area contributed by atoms with Gasteiger partial charge in [0.2, 0.25) is 0 Å². The predicted molar refractivity (Wildman–Crippen MR) is 93.1 cm³/mol. The van der Waals surface area contributed by atoms with Crippen molar-refractivity contribution in [3.05, 3.63) is 47.8 Å². The molecule has 1 amide bonds. The van der Waals surface area contributed by atoms with E-state index in [1.165, 1.54) is 0 Å². The summed E-state index contributed by atoms with van der Waals surface area (Å²) < 4.78 is 7.31. The van der Waals surface area contributed by atoms with Gasteiger partial charge in [0, 0.05) is 12.4 Å². The van der Waals surface area contributed by atoms with Gasteiger partial charge in [-0.1, -0.05) is 0 Å². The van der Waals surface area contributed by atoms with E-state index in [1.807, 2.05) is 26.1 Å². The van der Waals surface area contributed by atoms with Gasteiger partial charge in [0.1, 0.15) is 5.75 Å². The molecule has 2 aromatic heterocycles. The zero-order chi connectivity index (χ0) is 18.0. The Kier molecular flexibility index (Phi) is 4.35. The molecule has 0 spiro atoms. The summed E-state index contributed by atoms with van der Waals surface area (Å²) in [6.07, 6.45) is 0.897. The van der Waals surface area contributed by atoms with Crippen LogP contribution in [0.5, 0.6) is 5.75 Å². The molecule has 2 heterocycles. The molecule has 0 fully saturated rings. The molecule has 25 heavy (non-hydrogen) atoms. The lowest BCUT2D eigenvalue weighted by atomic mass is 10.2. The van der Waals surface area contributed by atoms with Crippen molar-refractivity contribution in [1.82, 2.24) is 14.8 Å². The second-order valence-corrected chi connectivity index (χ2v) is 5.69. The maximum atomic E-state index is 12.3. The number of carbonyl (C=O) groups excluding carboxylic acids is 1. The topological polar surface area (TPSA) is 92.8 Å². The minimum absolute atomic E-state index is 0.285. The Morgan fingerprint density at radius 1 is 1.36 bits per heavy atom. The summed E-state index contributed by atoms with van der Waals surface area (Å²) in [5.41, 5.74) is 2.74. The summed E-state index contributed by atoms with van der Waals surface area (Å²) >= 11 is 0. The van der Waals surface area contributed by atoms with Crippen molar-refractivity contribution >= 4 is 22.6 Å². The number of carbonyl (C=O) groups is 1. The highest BCUT2D eigenvalue weighted by atomic mass is 16.5. The van der Waals surface area contributed by atoms with Crippen LogP contribution in [0.4, 0.5) is 5.69 Å². The maximum Gasteiger partial charge on any atom is 0.265 e. The Balaban J connectivity index is 1.70. The van der Waals surface area contributed by atoms with Gasteiger partial charge >= 0.3 is 0 Å². The van der Waals surface area contributed by atoms with Crippen molar-refractivity contribution in [3.8, 4) is 11.8 Å². The largest absolute Gasteiger partial charge is 0.481 e. The van der Waals surface area contributed by atoms with Crippen LogP contribution in [0.25, 0.3) is 11.0 Å². The van der Waals surface area contributed by atoms with Crippen molar-refractivity contribution in [2.24, 2.45) is 7.05 Å². The van der Waals surface area contributed by atoms with Gasteiger partial charge < -0.3 is 10.1 Å².